The molecule has 15 heavy (non-hydrogen) atoms. The number of aromatic nitrogens is 2. The molecule has 5 nitrogen and oxygen atoms in total. The molecule has 0 aliphatic heterocycles. The summed E-state index contributed by atoms with van der Waals surface area (Å²) in [5, 5.41) is 9.85. The van der Waals surface area contributed by atoms with E-state index in [4.69, 9.17) is 0 Å². The van der Waals surface area contributed by atoms with Gasteiger partial charge in [-0.2, -0.15) is 5.10 Å². The van der Waals surface area contributed by atoms with Gasteiger partial charge in [0.2, 0.25) is 5.91 Å². The second kappa shape index (κ2) is 4.93. The van der Waals surface area contributed by atoms with Crippen LogP contribution in [0, 0.1) is 6.92 Å². The molecule has 0 fully saturated rings. The fourth-order valence-corrected chi connectivity index (χ4v) is 1.18. The van der Waals surface area contributed by atoms with Gasteiger partial charge >= 0.3 is 0 Å². The van der Waals surface area contributed by atoms with Crippen molar-refractivity contribution in [2.24, 2.45) is 7.05 Å². The average molecular weight is 210 g/mol. The van der Waals surface area contributed by atoms with Crippen LogP contribution < -0.4 is 10.6 Å². The van der Waals surface area contributed by atoms with Crippen molar-refractivity contribution < 1.29 is 4.79 Å². The predicted molar refractivity (Wildman–Crippen MR) is 58.3 cm³/mol. The number of hydrogen-bond acceptors (Lipinski definition) is 3. The molecular formula is C10H18N4O. The highest BCUT2D eigenvalue weighted by molar-refractivity contribution is 5.81. The first-order chi connectivity index (χ1) is 7.06. The molecule has 0 aromatic carbocycles. The summed E-state index contributed by atoms with van der Waals surface area (Å²) in [4.78, 5) is 11.5. The first-order valence-electron chi connectivity index (χ1n) is 4.98. The van der Waals surface area contributed by atoms with Crippen LogP contribution in [0.25, 0.3) is 0 Å². The van der Waals surface area contributed by atoms with Crippen molar-refractivity contribution in [2.45, 2.75) is 26.4 Å². The molecule has 1 atom stereocenters. The third-order valence-electron chi connectivity index (χ3n) is 2.62. The van der Waals surface area contributed by atoms with Crippen molar-refractivity contribution in [2.75, 3.05) is 7.05 Å². The average Bonchev–Trinajstić information content (AvgIpc) is 2.55. The van der Waals surface area contributed by atoms with E-state index in [-0.39, 0.29) is 11.9 Å². The molecule has 84 valence electrons. The van der Waals surface area contributed by atoms with Crippen LogP contribution in [0.4, 0.5) is 0 Å². The Morgan fingerprint density at radius 1 is 1.67 bits per heavy atom. The minimum absolute atomic E-state index is 0.000697. The van der Waals surface area contributed by atoms with Crippen LogP contribution in [-0.2, 0) is 18.4 Å². The Morgan fingerprint density at radius 2 is 2.33 bits per heavy atom. The van der Waals surface area contributed by atoms with E-state index in [9.17, 15) is 4.79 Å². The summed E-state index contributed by atoms with van der Waals surface area (Å²) in [6.07, 6.45) is 1.78. The molecule has 1 amide bonds. The van der Waals surface area contributed by atoms with E-state index in [1.54, 1.807) is 17.9 Å². The molecule has 2 N–H and O–H groups in total. The summed E-state index contributed by atoms with van der Waals surface area (Å²) < 4.78 is 1.79. The predicted octanol–water partition coefficient (Wildman–Crippen LogP) is -0.0474. The molecule has 0 aliphatic carbocycles. The van der Waals surface area contributed by atoms with Gasteiger partial charge in [0.25, 0.3) is 0 Å². The number of carbonyl (C=O) groups is 1. The number of aryl methyl sites for hydroxylation is 1. The number of nitrogens with one attached hydrogen (secondary N) is 2. The molecule has 1 rings (SSSR count). The number of carbonyl (C=O) groups excluding carboxylic acids is 1. The van der Waals surface area contributed by atoms with Gasteiger partial charge in [0.1, 0.15) is 0 Å². The SMILES string of the molecule is CNC(C)C(=O)NCc1cnn(C)c1C. The molecule has 0 saturated carbocycles. The number of likely N-dealkylation sites (N-methyl/N-ethyl adjacent to an activating group) is 1. The standard InChI is InChI=1S/C10H18N4O/c1-7(11-3)10(15)12-5-9-6-13-14(4)8(9)2/h6-7,11H,5H2,1-4H3,(H,12,15). The zero-order valence-electron chi connectivity index (χ0n) is 9.66. The maximum Gasteiger partial charge on any atom is 0.237 e. The molecule has 1 aromatic rings. The van der Waals surface area contributed by atoms with Crippen LogP contribution in [0.5, 0.6) is 0 Å². The van der Waals surface area contributed by atoms with Gasteiger partial charge in [-0.1, -0.05) is 0 Å². The molecular weight excluding hydrogens is 192 g/mol. The van der Waals surface area contributed by atoms with E-state index in [0.29, 0.717) is 6.54 Å². The zero-order valence-corrected chi connectivity index (χ0v) is 9.66. The first kappa shape index (κ1) is 11.7. The van der Waals surface area contributed by atoms with Crippen LogP contribution in [0.15, 0.2) is 6.20 Å². The molecule has 5 heteroatoms. The Morgan fingerprint density at radius 3 is 2.80 bits per heavy atom. The lowest BCUT2D eigenvalue weighted by molar-refractivity contribution is -0.122. The highest BCUT2D eigenvalue weighted by Crippen LogP contribution is 2.04. The maximum absolute atomic E-state index is 11.5. The minimum Gasteiger partial charge on any atom is -0.351 e. The van der Waals surface area contributed by atoms with Crippen molar-refractivity contribution in [3.05, 3.63) is 17.5 Å². The highest BCUT2D eigenvalue weighted by Gasteiger charge is 2.10. The molecule has 1 heterocycles. The number of amides is 1. The van der Waals surface area contributed by atoms with E-state index < -0.39 is 0 Å². The number of nitrogens with zero attached hydrogens (tertiary/aromatic N) is 2. The molecule has 1 aromatic heterocycles. The Hall–Kier alpha value is -1.36. The lowest BCUT2D eigenvalue weighted by atomic mass is 10.2. The van der Waals surface area contributed by atoms with E-state index in [0.717, 1.165) is 11.3 Å². The lowest BCUT2D eigenvalue weighted by Gasteiger charge is -2.10. The molecule has 0 saturated heterocycles. The van der Waals surface area contributed by atoms with Crippen LogP contribution in [-0.4, -0.2) is 28.8 Å². The second-order valence-electron chi connectivity index (χ2n) is 3.61. The van der Waals surface area contributed by atoms with Gasteiger partial charge in [0.05, 0.1) is 12.2 Å². The lowest BCUT2D eigenvalue weighted by Crippen LogP contribution is -2.40. The van der Waals surface area contributed by atoms with Crippen molar-refractivity contribution in [3.63, 3.8) is 0 Å². The Labute approximate surface area is 89.9 Å². The summed E-state index contributed by atoms with van der Waals surface area (Å²) in [7, 11) is 3.65. The first-order valence-corrected chi connectivity index (χ1v) is 4.98. The number of rotatable bonds is 4. The third-order valence-corrected chi connectivity index (χ3v) is 2.62. The topological polar surface area (TPSA) is 59.0 Å². The maximum atomic E-state index is 11.5. The monoisotopic (exact) mass is 210 g/mol. The quantitative estimate of drug-likeness (QED) is 0.732. The molecule has 0 bridgehead atoms. The molecule has 1 unspecified atom stereocenters. The minimum atomic E-state index is -0.165. The van der Waals surface area contributed by atoms with E-state index in [2.05, 4.69) is 15.7 Å². The second-order valence-corrected chi connectivity index (χ2v) is 3.61. The van der Waals surface area contributed by atoms with Crippen LogP contribution in [0.2, 0.25) is 0 Å². The van der Waals surface area contributed by atoms with Crippen molar-refractivity contribution in [3.8, 4) is 0 Å². The summed E-state index contributed by atoms with van der Waals surface area (Å²) in [5.74, 6) is 0.000697. The van der Waals surface area contributed by atoms with E-state index in [1.165, 1.54) is 0 Å². The van der Waals surface area contributed by atoms with Gasteiger partial charge in [-0.25, -0.2) is 0 Å². The molecule has 0 aliphatic rings. The summed E-state index contributed by atoms with van der Waals surface area (Å²) in [5.41, 5.74) is 2.13. The normalized spacial score (nSPS) is 12.5. The summed E-state index contributed by atoms with van der Waals surface area (Å²) in [6, 6.07) is -0.165. The van der Waals surface area contributed by atoms with Crippen molar-refractivity contribution in [1.29, 1.82) is 0 Å². The summed E-state index contributed by atoms with van der Waals surface area (Å²) in [6.45, 7) is 4.34. The smallest absolute Gasteiger partial charge is 0.237 e. The summed E-state index contributed by atoms with van der Waals surface area (Å²) >= 11 is 0. The molecule has 0 radical (unpaired) electrons. The third kappa shape index (κ3) is 2.79. The van der Waals surface area contributed by atoms with Crippen LogP contribution in [0.3, 0.4) is 0 Å². The largest absolute Gasteiger partial charge is 0.351 e. The Balaban J connectivity index is 2.51. The van der Waals surface area contributed by atoms with Gasteiger partial charge in [0.15, 0.2) is 0 Å². The van der Waals surface area contributed by atoms with Gasteiger partial charge in [-0.05, 0) is 20.9 Å². The van der Waals surface area contributed by atoms with Crippen molar-refractivity contribution >= 4 is 5.91 Å². The van der Waals surface area contributed by atoms with E-state index in [1.807, 2.05) is 20.9 Å². The zero-order chi connectivity index (χ0) is 11.4. The fraction of sp³-hybridized carbons (Fsp3) is 0.600. The highest BCUT2D eigenvalue weighted by atomic mass is 16.2. The van der Waals surface area contributed by atoms with Crippen molar-refractivity contribution in [1.82, 2.24) is 20.4 Å². The molecule has 0 spiro atoms. The number of hydrogen-bond donors (Lipinski definition) is 2. The Bertz CT molecular complexity index is 345. The van der Waals surface area contributed by atoms with Gasteiger partial charge in [-0.15, -0.1) is 0 Å². The van der Waals surface area contributed by atoms with Crippen LogP contribution >= 0.6 is 0 Å². The fourth-order valence-electron chi connectivity index (χ4n) is 1.18. The van der Waals surface area contributed by atoms with E-state index >= 15 is 0 Å². The van der Waals surface area contributed by atoms with Gasteiger partial charge in [-0.3, -0.25) is 9.48 Å². The van der Waals surface area contributed by atoms with Gasteiger partial charge < -0.3 is 10.6 Å². The Kier molecular flexibility index (Phi) is 3.85. The van der Waals surface area contributed by atoms with Gasteiger partial charge in [0, 0.05) is 24.8 Å². The van der Waals surface area contributed by atoms with Crippen LogP contribution in [0.1, 0.15) is 18.2 Å².